The molecule has 0 spiro atoms. The number of nitrogen functional groups attached to an aromatic ring is 2. The summed E-state index contributed by atoms with van der Waals surface area (Å²) in [5, 5.41) is 0. The molecule has 19 nitrogen and oxygen atoms in total. The van der Waals surface area contributed by atoms with Crippen molar-refractivity contribution in [2.24, 2.45) is 5.92 Å². The molecule has 3 saturated heterocycles. The molecule has 2 unspecified atom stereocenters. The van der Waals surface area contributed by atoms with Crippen molar-refractivity contribution in [1.29, 1.82) is 0 Å². The number of nitrogens with two attached hydrogens (primary N) is 2. The van der Waals surface area contributed by atoms with Gasteiger partial charge >= 0.3 is 0 Å². The van der Waals surface area contributed by atoms with Crippen LogP contribution < -0.4 is 30.7 Å². The van der Waals surface area contributed by atoms with Crippen molar-refractivity contribution in [3.05, 3.63) is 6.33 Å². The van der Waals surface area contributed by atoms with Gasteiger partial charge in [-0.15, -0.1) is 0 Å². The van der Waals surface area contributed by atoms with Crippen LogP contribution in [0.25, 0.3) is 11.2 Å². The maximum atomic E-state index is 12.6. The number of phosphoric acid groups is 2. The zero-order valence-corrected chi connectivity index (χ0v) is 30.5. The molecule has 6 aliphatic rings. The predicted molar refractivity (Wildman–Crippen MR) is 166 cm³/mol. The molecule has 2 aromatic heterocycles. The standard InChI is InChI=1S/C22H32N6O12P2.C6H15N/c1-21(2)36-13-9-5-10(14(13)37-21)27-8-25-18-12(17(27)23)26-20(24)28(18)19-16-15(38-22(3,4)39-16)11(35-19)7-34-42(31,32)40-41(29,30)33-6-9;1-4-7(5-2)6-3/h8-11,13-16,19,23H,5-7H2,1-4H3,(H4,24,26,29,30,31,32);4-6H2,1-3H3/t9-,10-,11-,13-,14+,15-,16-,19-;/m1./s1. The van der Waals surface area contributed by atoms with Crippen molar-refractivity contribution in [3.8, 4) is 0 Å². The van der Waals surface area contributed by atoms with E-state index in [0.29, 0.717) is 5.65 Å². The maximum absolute atomic E-state index is 12.6. The van der Waals surface area contributed by atoms with E-state index in [1.54, 1.807) is 37.2 Å². The number of ether oxygens (including phenoxy) is 5. The summed E-state index contributed by atoms with van der Waals surface area (Å²) >= 11 is 0. The Morgan fingerprint density at radius 1 is 0.918 bits per heavy atom. The first-order valence-corrected chi connectivity index (χ1v) is 19.5. The number of imidazole rings is 1. The molecule has 8 rings (SSSR count). The number of quaternary nitrogens is 1. The number of fused-ring (bicyclic) bond motifs is 9. The fourth-order valence-corrected chi connectivity index (χ4v) is 9.38. The van der Waals surface area contributed by atoms with Gasteiger partial charge in [0.2, 0.25) is 17.9 Å². The molecule has 7 heterocycles. The van der Waals surface area contributed by atoms with Crippen molar-refractivity contribution >= 4 is 38.6 Å². The van der Waals surface area contributed by atoms with Crippen LogP contribution in [0.5, 0.6) is 0 Å². The van der Waals surface area contributed by atoms with Gasteiger partial charge in [0, 0.05) is 5.92 Å². The molecule has 21 heteroatoms. The monoisotopic (exact) mass is 735 g/mol. The lowest BCUT2D eigenvalue weighted by Gasteiger charge is -2.32. The molecule has 5 N–H and O–H groups in total. The second-order valence-electron chi connectivity index (χ2n) is 13.7. The molecule has 4 fully saturated rings. The Labute approximate surface area is 284 Å². The Morgan fingerprint density at radius 2 is 1.49 bits per heavy atom. The Bertz CT molecular complexity index is 1630. The summed E-state index contributed by atoms with van der Waals surface area (Å²) in [6.07, 6.45) is -3.04. The van der Waals surface area contributed by atoms with E-state index in [1.807, 2.05) is 0 Å². The fraction of sp³-hybridized carbons (Fsp3) is 0.821. The maximum Gasteiger partial charge on any atom is 0.274 e. The van der Waals surface area contributed by atoms with Crippen LogP contribution in [0.2, 0.25) is 0 Å². The molecular formula is C28H47N7O12P2. The quantitative estimate of drug-likeness (QED) is 0.261. The average molecular weight is 736 g/mol. The molecule has 1 aliphatic carbocycles. The third kappa shape index (κ3) is 7.29. The predicted octanol–water partition coefficient (Wildman–Crippen LogP) is -0.687. The number of nitrogens with one attached hydrogen (secondary N) is 1. The smallest absolute Gasteiger partial charge is 0.274 e. The minimum absolute atomic E-state index is 0.0146. The van der Waals surface area contributed by atoms with E-state index in [4.69, 9.17) is 44.2 Å². The van der Waals surface area contributed by atoms with Crippen LogP contribution in [0, 0.1) is 5.92 Å². The van der Waals surface area contributed by atoms with Gasteiger partial charge < -0.3 is 58.9 Å². The number of phosphoric ester groups is 2. The highest BCUT2D eigenvalue weighted by atomic mass is 31.3. The minimum Gasteiger partial charge on any atom is -0.756 e. The van der Waals surface area contributed by atoms with Crippen LogP contribution in [0.3, 0.4) is 0 Å². The number of nitrogens with zero attached hydrogens (tertiary/aromatic N) is 4. The summed E-state index contributed by atoms with van der Waals surface area (Å²) in [7, 11) is -10.8. The van der Waals surface area contributed by atoms with Gasteiger partial charge in [0.05, 0.1) is 39.0 Å². The van der Waals surface area contributed by atoms with Gasteiger partial charge in [-0.1, -0.05) is 4.98 Å². The van der Waals surface area contributed by atoms with Gasteiger partial charge in [-0.2, -0.15) is 0 Å². The van der Waals surface area contributed by atoms with E-state index < -0.39 is 89.1 Å². The third-order valence-electron chi connectivity index (χ3n) is 9.57. The number of hydrogen-bond acceptors (Lipinski definition) is 16. The van der Waals surface area contributed by atoms with E-state index in [1.165, 1.54) is 30.5 Å². The molecule has 8 bridgehead atoms. The number of aromatic nitrogens is 4. The lowest BCUT2D eigenvalue weighted by Crippen LogP contribution is -3.11. The van der Waals surface area contributed by atoms with Gasteiger partial charge in [-0.25, -0.2) is 13.9 Å². The van der Waals surface area contributed by atoms with Gasteiger partial charge in [-0.3, -0.25) is 13.7 Å². The van der Waals surface area contributed by atoms with Gasteiger partial charge in [-0.05, 0) is 54.9 Å². The van der Waals surface area contributed by atoms with E-state index in [9.17, 15) is 18.9 Å². The number of rotatable bonds is 3. The van der Waals surface area contributed by atoms with Crippen molar-refractivity contribution in [2.45, 2.75) is 109 Å². The second-order valence-corrected chi connectivity index (χ2v) is 16.6. The Morgan fingerprint density at radius 3 is 2.10 bits per heavy atom. The zero-order valence-electron chi connectivity index (χ0n) is 28.7. The summed E-state index contributed by atoms with van der Waals surface area (Å²) in [4.78, 5) is 36.0. The highest BCUT2D eigenvalue weighted by Crippen LogP contribution is 2.57. The molecule has 5 aliphatic heterocycles. The Kier molecular flexibility index (Phi) is 10.0. The summed E-state index contributed by atoms with van der Waals surface area (Å²) in [5.41, 5.74) is 13.6. The van der Waals surface area contributed by atoms with Crippen molar-refractivity contribution < 1.29 is 65.4 Å². The average Bonchev–Trinajstić information content (AvgIpc) is 3.76. The number of anilines is 2. The molecule has 49 heavy (non-hydrogen) atoms. The Balaban J connectivity index is 0.000000540. The fourth-order valence-electron chi connectivity index (χ4n) is 7.32. The van der Waals surface area contributed by atoms with Crippen LogP contribution in [0.15, 0.2) is 6.33 Å². The van der Waals surface area contributed by atoms with Gasteiger partial charge in [0.25, 0.3) is 21.5 Å². The first-order valence-electron chi connectivity index (χ1n) is 16.5. The van der Waals surface area contributed by atoms with Gasteiger partial charge in [0.1, 0.15) is 30.5 Å². The molecule has 0 aromatic carbocycles. The summed E-state index contributed by atoms with van der Waals surface area (Å²) in [6.45, 7) is 16.2. The van der Waals surface area contributed by atoms with E-state index in [0.717, 1.165) is 0 Å². The third-order valence-corrected chi connectivity index (χ3v) is 12.1. The number of hydrogen-bond donors (Lipinski definition) is 3. The SMILES string of the molecule is CC1(C)O[C@@H]2[C@H]3COP(=O)([O-])OP(=O)([O-])OC[C@H]4O[C@H]([C@@H]5OC(C)(C)O[C@@H]54)n4c(N)nc5c(N)[n+](cnc54)[C@H](C3)[C@@H]2O1.CC[NH+](CC)CC. The molecule has 1 saturated carbocycles. The minimum atomic E-state index is -5.43. The first-order chi connectivity index (χ1) is 22.9. The van der Waals surface area contributed by atoms with Gasteiger partial charge in [0.15, 0.2) is 23.3 Å². The van der Waals surface area contributed by atoms with Crippen molar-refractivity contribution in [1.82, 2.24) is 14.5 Å². The van der Waals surface area contributed by atoms with Crippen LogP contribution in [-0.4, -0.2) is 89.5 Å². The summed E-state index contributed by atoms with van der Waals surface area (Å²) in [5.74, 6) is -2.38. The summed E-state index contributed by atoms with van der Waals surface area (Å²) in [6, 6.07) is -0.475. The molecule has 10 atom stereocenters. The van der Waals surface area contributed by atoms with E-state index in [2.05, 4.69) is 35.0 Å². The Hall–Kier alpha value is -1.83. The molecule has 0 amide bonds. The second kappa shape index (κ2) is 13.3. The lowest BCUT2D eigenvalue weighted by molar-refractivity contribution is -0.894. The highest BCUT2D eigenvalue weighted by molar-refractivity contribution is 7.59. The van der Waals surface area contributed by atoms with Crippen molar-refractivity contribution in [3.63, 3.8) is 0 Å². The molecular weight excluding hydrogens is 688 g/mol. The highest BCUT2D eigenvalue weighted by Gasteiger charge is 2.58. The summed E-state index contributed by atoms with van der Waals surface area (Å²) < 4.78 is 73.1. The van der Waals surface area contributed by atoms with Crippen LogP contribution >= 0.6 is 15.6 Å². The molecule has 0 radical (unpaired) electrons. The lowest BCUT2D eigenvalue weighted by atomic mass is 10.1. The normalized spacial score (nSPS) is 39.5. The van der Waals surface area contributed by atoms with Crippen LogP contribution in [0.1, 0.15) is 67.2 Å². The molecule has 276 valence electrons. The van der Waals surface area contributed by atoms with E-state index in [-0.39, 0.29) is 23.7 Å². The zero-order chi connectivity index (χ0) is 35.7. The molecule has 2 aromatic rings. The largest absolute Gasteiger partial charge is 0.756 e. The first kappa shape index (κ1) is 36.9. The van der Waals surface area contributed by atoms with Crippen molar-refractivity contribution in [2.75, 3.05) is 44.3 Å². The van der Waals surface area contributed by atoms with Crippen LogP contribution in [-0.2, 0) is 46.2 Å². The topological polar surface area (TPSA) is 245 Å². The van der Waals surface area contributed by atoms with E-state index >= 15 is 0 Å². The van der Waals surface area contributed by atoms with Crippen LogP contribution in [0.4, 0.5) is 11.8 Å².